The Kier molecular flexibility index (Phi) is 15.6. The molecule has 2 heterocycles. The first-order valence-corrected chi connectivity index (χ1v) is 22.5. The molecule has 64 heavy (non-hydrogen) atoms. The number of aryl methyl sites for hydroxylation is 2. The van der Waals surface area contributed by atoms with Crippen molar-refractivity contribution in [2.45, 2.75) is 124 Å². The van der Waals surface area contributed by atoms with Crippen molar-refractivity contribution in [1.82, 2.24) is 4.90 Å². The molecule has 342 valence electrons. The summed E-state index contributed by atoms with van der Waals surface area (Å²) in [6.45, 7) is 17.4. The number of ether oxygens (including phenoxy) is 5. The van der Waals surface area contributed by atoms with Gasteiger partial charge in [-0.3, -0.25) is 14.4 Å². The van der Waals surface area contributed by atoms with E-state index in [1.165, 1.54) is 26.4 Å². The minimum absolute atomic E-state index is 0.0368. The summed E-state index contributed by atoms with van der Waals surface area (Å²) in [7, 11) is 1.33. The molecule has 2 aliphatic heterocycles. The van der Waals surface area contributed by atoms with Gasteiger partial charge in [-0.25, -0.2) is 4.79 Å². The molecule has 7 rings (SSSR count). The number of methoxy groups -OCH3 is 1. The number of hydrogen-bond acceptors (Lipinski definition) is 9. The number of hydrogen-bond donors (Lipinski definition) is 0. The van der Waals surface area contributed by atoms with E-state index in [9.17, 15) is 19.2 Å². The zero-order valence-electron chi connectivity index (χ0n) is 39.0. The van der Waals surface area contributed by atoms with Crippen LogP contribution in [0.5, 0.6) is 11.5 Å². The summed E-state index contributed by atoms with van der Waals surface area (Å²) in [6.07, 6.45) is 5.67. The molecular weight excluding hydrogens is 811 g/mol. The lowest BCUT2D eigenvalue weighted by molar-refractivity contribution is -0.133. The van der Waals surface area contributed by atoms with Gasteiger partial charge in [0.25, 0.3) is 17.7 Å². The van der Waals surface area contributed by atoms with Gasteiger partial charge in [-0.05, 0) is 115 Å². The van der Waals surface area contributed by atoms with Crippen LogP contribution < -0.4 is 19.3 Å². The Labute approximate surface area is 378 Å². The van der Waals surface area contributed by atoms with Gasteiger partial charge in [0.2, 0.25) is 0 Å². The van der Waals surface area contributed by atoms with Crippen LogP contribution in [0.2, 0.25) is 0 Å². The fourth-order valence-electron chi connectivity index (χ4n) is 8.60. The quantitative estimate of drug-likeness (QED) is 0.0901. The van der Waals surface area contributed by atoms with Crippen molar-refractivity contribution in [2.75, 3.05) is 43.2 Å². The van der Waals surface area contributed by atoms with Crippen molar-refractivity contribution in [3.05, 3.63) is 118 Å². The Hall–Kier alpha value is -5.72. The molecule has 0 aromatic heterocycles. The SMILES string of the molecule is COC(=O)c1cc2c(cc1C)OC(C)(C)C(=O)N2CCOCc1ccccc1.Cc1cc2c(cc1C(=O)N(C(C)C)C1CCCCC1)N(CCOCc1ccccc1)C(=O)C(C)(C)O2. The second kappa shape index (κ2) is 20.9. The summed E-state index contributed by atoms with van der Waals surface area (Å²) < 4.78 is 28.5. The number of nitrogens with zero attached hydrogens (tertiary/aromatic N) is 3. The third-order valence-electron chi connectivity index (χ3n) is 12.0. The normalized spacial score (nSPS) is 16.5. The van der Waals surface area contributed by atoms with E-state index in [-0.39, 0.29) is 29.8 Å². The zero-order valence-corrected chi connectivity index (χ0v) is 39.0. The number of rotatable bonds is 14. The summed E-state index contributed by atoms with van der Waals surface area (Å²) in [5.41, 5.74) is 4.02. The van der Waals surface area contributed by atoms with Gasteiger partial charge in [0.1, 0.15) is 11.5 Å². The molecule has 3 aliphatic rings. The van der Waals surface area contributed by atoms with Crippen LogP contribution in [0.1, 0.15) is 117 Å². The molecular formula is C52H65N3O9. The van der Waals surface area contributed by atoms with E-state index in [1.807, 2.05) is 86.6 Å². The van der Waals surface area contributed by atoms with Crippen LogP contribution in [-0.4, -0.2) is 85.3 Å². The molecule has 1 fully saturated rings. The molecule has 0 bridgehead atoms. The molecule has 1 aliphatic carbocycles. The fourth-order valence-corrected chi connectivity index (χ4v) is 8.60. The summed E-state index contributed by atoms with van der Waals surface area (Å²) in [5.74, 6) is 0.479. The fraction of sp³-hybridized carbons (Fsp3) is 0.462. The Balaban J connectivity index is 0.000000219. The molecule has 1 saturated carbocycles. The average molecular weight is 876 g/mol. The van der Waals surface area contributed by atoms with Gasteiger partial charge < -0.3 is 38.4 Å². The lowest BCUT2D eigenvalue weighted by Crippen LogP contribution is -2.53. The Morgan fingerprint density at radius 1 is 0.688 bits per heavy atom. The van der Waals surface area contributed by atoms with E-state index in [2.05, 4.69) is 18.7 Å². The summed E-state index contributed by atoms with van der Waals surface area (Å²) in [5, 5.41) is 0. The minimum atomic E-state index is -0.994. The lowest BCUT2D eigenvalue weighted by Gasteiger charge is -2.40. The van der Waals surface area contributed by atoms with E-state index in [0.29, 0.717) is 73.5 Å². The van der Waals surface area contributed by atoms with Crippen molar-refractivity contribution in [3.63, 3.8) is 0 Å². The predicted octanol–water partition coefficient (Wildman–Crippen LogP) is 9.40. The Morgan fingerprint density at radius 3 is 1.56 bits per heavy atom. The van der Waals surface area contributed by atoms with Crippen molar-refractivity contribution in [3.8, 4) is 11.5 Å². The highest BCUT2D eigenvalue weighted by atomic mass is 16.5. The zero-order chi connectivity index (χ0) is 46.2. The molecule has 0 atom stereocenters. The van der Waals surface area contributed by atoms with E-state index in [4.69, 9.17) is 23.7 Å². The molecule has 4 aromatic carbocycles. The maximum absolute atomic E-state index is 13.9. The van der Waals surface area contributed by atoms with E-state index < -0.39 is 17.2 Å². The summed E-state index contributed by atoms with van der Waals surface area (Å²) in [6, 6.07) is 27.4. The van der Waals surface area contributed by atoms with Gasteiger partial charge in [-0.15, -0.1) is 0 Å². The van der Waals surface area contributed by atoms with Crippen LogP contribution in [0.4, 0.5) is 11.4 Å². The van der Waals surface area contributed by atoms with Crippen LogP contribution >= 0.6 is 0 Å². The van der Waals surface area contributed by atoms with Crippen molar-refractivity contribution in [1.29, 1.82) is 0 Å². The number of carbonyl (C=O) groups excluding carboxylic acids is 4. The number of fused-ring (bicyclic) bond motifs is 2. The first-order valence-electron chi connectivity index (χ1n) is 22.5. The first kappa shape index (κ1) is 47.8. The van der Waals surface area contributed by atoms with Gasteiger partial charge in [0, 0.05) is 30.7 Å². The highest BCUT2D eigenvalue weighted by Crippen LogP contribution is 2.42. The number of esters is 1. The monoisotopic (exact) mass is 875 g/mol. The Morgan fingerprint density at radius 2 is 1.12 bits per heavy atom. The number of amides is 3. The van der Waals surface area contributed by atoms with Crippen LogP contribution in [0.3, 0.4) is 0 Å². The maximum Gasteiger partial charge on any atom is 0.338 e. The molecule has 0 radical (unpaired) electrons. The van der Waals surface area contributed by atoms with Crippen LogP contribution in [0.15, 0.2) is 84.9 Å². The largest absolute Gasteiger partial charge is 0.476 e. The molecule has 0 spiro atoms. The molecule has 0 N–H and O–H groups in total. The molecule has 0 saturated heterocycles. The van der Waals surface area contributed by atoms with E-state index >= 15 is 0 Å². The van der Waals surface area contributed by atoms with E-state index in [1.54, 1.807) is 49.6 Å². The third-order valence-corrected chi connectivity index (χ3v) is 12.0. The van der Waals surface area contributed by atoms with Crippen molar-refractivity contribution < 1.29 is 42.9 Å². The first-order chi connectivity index (χ1) is 30.5. The number of anilines is 2. The van der Waals surface area contributed by atoms with Gasteiger partial charge >= 0.3 is 5.97 Å². The van der Waals surface area contributed by atoms with Gasteiger partial charge in [-0.1, -0.05) is 79.9 Å². The average Bonchev–Trinajstić information content (AvgIpc) is 3.26. The third kappa shape index (κ3) is 11.1. The van der Waals surface area contributed by atoms with E-state index in [0.717, 1.165) is 35.1 Å². The maximum atomic E-state index is 13.9. The van der Waals surface area contributed by atoms with Gasteiger partial charge in [-0.2, -0.15) is 0 Å². The number of carbonyl (C=O) groups is 4. The van der Waals surface area contributed by atoms with Crippen molar-refractivity contribution >= 4 is 35.1 Å². The topological polar surface area (TPSA) is 124 Å². The molecule has 12 heteroatoms. The minimum Gasteiger partial charge on any atom is -0.476 e. The summed E-state index contributed by atoms with van der Waals surface area (Å²) in [4.78, 5) is 57.7. The van der Waals surface area contributed by atoms with Crippen LogP contribution in [0, 0.1) is 13.8 Å². The predicted molar refractivity (Wildman–Crippen MR) is 248 cm³/mol. The molecule has 12 nitrogen and oxygen atoms in total. The molecule has 0 unspecified atom stereocenters. The second-order valence-corrected chi connectivity index (χ2v) is 18.1. The lowest BCUT2D eigenvalue weighted by atomic mass is 9.92. The molecule has 4 aromatic rings. The Bertz CT molecular complexity index is 2270. The van der Waals surface area contributed by atoms with Gasteiger partial charge in [0.15, 0.2) is 11.2 Å². The number of benzene rings is 4. The smallest absolute Gasteiger partial charge is 0.338 e. The second-order valence-electron chi connectivity index (χ2n) is 18.1. The standard InChI is InChI=1S/C30H40N2O4.C22H25NO5/c1-21(2)32(24-14-10-7-11-15-24)28(33)25-19-26-27(18-22(25)3)36-30(4,5)29(34)31(26)16-17-35-20-23-12-8-6-9-13-23;1-15-12-19-18(13-17(15)20(24)26-4)23(21(25)22(2,3)28-19)10-11-27-14-16-8-6-5-7-9-16/h6,8-9,12-13,18-19,21,24H,7,10-11,14-17,20H2,1-5H3;5-9,12-13H,10-11,14H2,1-4H3. The summed E-state index contributed by atoms with van der Waals surface area (Å²) >= 11 is 0. The van der Waals surface area contributed by atoms with Crippen LogP contribution in [0.25, 0.3) is 0 Å². The van der Waals surface area contributed by atoms with Gasteiger partial charge in [0.05, 0.1) is 50.5 Å². The van der Waals surface area contributed by atoms with Crippen LogP contribution in [-0.2, 0) is 37.0 Å². The van der Waals surface area contributed by atoms with Crippen molar-refractivity contribution in [2.24, 2.45) is 0 Å². The molecule has 3 amide bonds. The highest BCUT2D eigenvalue weighted by Gasteiger charge is 2.43. The highest BCUT2D eigenvalue weighted by molar-refractivity contribution is 6.05.